The zero-order chi connectivity index (χ0) is 17.0. The molecule has 0 radical (unpaired) electrons. The molecule has 10 heteroatoms. The lowest BCUT2D eigenvalue weighted by Crippen LogP contribution is -2.25. The third-order valence-electron chi connectivity index (χ3n) is 3.27. The minimum atomic E-state index is -0.955. The topological polar surface area (TPSA) is 94.2 Å². The number of nitrogens with zero attached hydrogens (tertiary/aromatic N) is 1. The van der Waals surface area contributed by atoms with Gasteiger partial charge in [-0.3, -0.25) is 24.3 Å². The zero-order valence-electron chi connectivity index (χ0n) is 10.9. The molecule has 3 N–H and O–H groups in total. The average Bonchev–Trinajstić information content (AvgIpc) is 2.74. The molecule has 1 aromatic carbocycles. The molecule has 0 bridgehead atoms. The maximum absolute atomic E-state index is 14.3. The smallest absolute Gasteiger partial charge is 0.262 e. The van der Waals surface area contributed by atoms with Gasteiger partial charge in [-0.15, -0.1) is 0 Å². The molecule has 0 aliphatic carbocycles. The summed E-state index contributed by atoms with van der Waals surface area (Å²) in [4.78, 5) is 35.6. The lowest BCUT2D eigenvalue weighted by molar-refractivity contribution is 0.0880. The Hall–Kier alpha value is -2.07. The van der Waals surface area contributed by atoms with Crippen molar-refractivity contribution in [3.63, 3.8) is 0 Å². The van der Waals surface area contributed by atoms with Gasteiger partial charge < -0.3 is 5.73 Å². The molecule has 23 heavy (non-hydrogen) atoms. The second kappa shape index (κ2) is 5.24. The van der Waals surface area contributed by atoms with Crippen LogP contribution in [0.1, 0.15) is 20.7 Å². The van der Waals surface area contributed by atoms with Gasteiger partial charge >= 0.3 is 0 Å². The van der Waals surface area contributed by atoms with Crippen molar-refractivity contribution >= 4 is 49.5 Å². The van der Waals surface area contributed by atoms with Gasteiger partial charge in [-0.25, -0.2) is 8.78 Å². The number of aromatic nitrogens is 1. The number of anilines is 1. The number of amides is 2. The fourth-order valence-corrected chi connectivity index (χ4v) is 3.52. The fourth-order valence-electron chi connectivity index (χ4n) is 2.27. The van der Waals surface area contributed by atoms with E-state index in [2.05, 4.69) is 31.9 Å². The van der Waals surface area contributed by atoms with E-state index in [9.17, 15) is 23.2 Å². The Morgan fingerprint density at radius 3 is 2.39 bits per heavy atom. The summed E-state index contributed by atoms with van der Waals surface area (Å²) in [5.41, 5.74) is 3.93. The number of nitrogen functional groups attached to an aromatic ring is 1. The highest BCUT2D eigenvalue weighted by atomic mass is 79.9. The SMILES string of the molecule is Nc1c2c(cc(=O)n1-c1c(F)cc(Br)c(F)c1Br)C(=O)NC2=O. The Morgan fingerprint density at radius 2 is 1.74 bits per heavy atom. The summed E-state index contributed by atoms with van der Waals surface area (Å²) in [5, 5.41) is 1.98. The number of carbonyl (C=O) groups is 2. The average molecular weight is 449 g/mol. The molecule has 1 aliphatic rings. The number of nitrogens with one attached hydrogen (secondary N) is 1. The summed E-state index contributed by atoms with van der Waals surface area (Å²) in [5.74, 6) is -3.86. The van der Waals surface area contributed by atoms with Gasteiger partial charge in [0, 0.05) is 6.07 Å². The maximum atomic E-state index is 14.3. The first-order chi connectivity index (χ1) is 10.7. The molecular formula is C13H5Br2F2N3O3. The number of imide groups is 1. The van der Waals surface area contributed by atoms with Crippen molar-refractivity contribution in [1.82, 2.24) is 9.88 Å². The summed E-state index contributed by atoms with van der Waals surface area (Å²) in [6.07, 6.45) is 0. The fraction of sp³-hybridized carbons (Fsp3) is 0. The van der Waals surface area contributed by atoms with Crippen molar-refractivity contribution in [1.29, 1.82) is 0 Å². The van der Waals surface area contributed by atoms with Crippen molar-refractivity contribution < 1.29 is 18.4 Å². The predicted octanol–water partition coefficient (Wildman–Crippen LogP) is 2.11. The van der Waals surface area contributed by atoms with E-state index in [1.54, 1.807) is 0 Å². The summed E-state index contributed by atoms with van der Waals surface area (Å²) in [7, 11) is 0. The third kappa shape index (κ3) is 2.20. The van der Waals surface area contributed by atoms with Gasteiger partial charge in [0.25, 0.3) is 17.4 Å². The van der Waals surface area contributed by atoms with Gasteiger partial charge in [-0.2, -0.15) is 0 Å². The van der Waals surface area contributed by atoms with Crippen LogP contribution in [0.2, 0.25) is 0 Å². The third-order valence-corrected chi connectivity index (χ3v) is 4.57. The van der Waals surface area contributed by atoms with Crippen LogP contribution in [-0.4, -0.2) is 16.4 Å². The first-order valence-corrected chi connectivity index (χ1v) is 7.57. The number of pyridine rings is 1. The van der Waals surface area contributed by atoms with Gasteiger partial charge in [0.1, 0.15) is 17.3 Å². The van der Waals surface area contributed by atoms with Crippen molar-refractivity contribution in [2.24, 2.45) is 0 Å². The number of carbonyl (C=O) groups excluding carboxylic acids is 2. The van der Waals surface area contributed by atoms with Gasteiger partial charge in [0.2, 0.25) is 0 Å². The molecule has 0 unspecified atom stereocenters. The summed E-state index contributed by atoms with van der Waals surface area (Å²) >= 11 is 5.70. The normalized spacial score (nSPS) is 13.2. The summed E-state index contributed by atoms with van der Waals surface area (Å²) in [6, 6.07) is 1.66. The predicted molar refractivity (Wildman–Crippen MR) is 83.6 cm³/mol. The van der Waals surface area contributed by atoms with Crippen LogP contribution in [-0.2, 0) is 0 Å². The molecule has 1 aromatic heterocycles. The lowest BCUT2D eigenvalue weighted by atomic mass is 10.1. The minimum Gasteiger partial charge on any atom is -0.384 e. The van der Waals surface area contributed by atoms with Crippen LogP contribution in [0.15, 0.2) is 25.9 Å². The second-order valence-electron chi connectivity index (χ2n) is 4.59. The zero-order valence-corrected chi connectivity index (χ0v) is 14.1. The number of nitrogens with two attached hydrogens (primary N) is 1. The molecule has 0 saturated heterocycles. The van der Waals surface area contributed by atoms with Crippen molar-refractivity contribution in [2.45, 2.75) is 0 Å². The van der Waals surface area contributed by atoms with E-state index in [0.29, 0.717) is 4.57 Å². The van der Waals surface area contributed by atoms with E-state index < -0.39 is 40.5 Å². The molecule has 3 rings (SSSR count). The molecule has 1 aliphatic heterocycles. The highest BCUT2D eigenvalue weighted by molar-refractivity contribution is 9.11. The summed E-state index contributed by atoms with van der Waals surface area (Å²) < 4.78 is 28.3. The van der Waals surface area contributed by atoms with E-state index in [4.69, 9.17) is 5.73 Å². The number of halogens is 4. The van der Waals surface area contributed by atoms with E-state index in [1.165, 1.54) is 0 Å². The molecule has 0 fully saturated rings. The Labute approximate surface area is 143 Å². The van der Waals surface area contributed by atoms with Crippen LogP contribution in [0.4, 0.5) is 14.6 Å². The number of hydrogen-bond donors (Lipinski definition) is 2. The quantitative estimate of drug-likeness (QED) is 0.397. The summed E-state index contributed by atoms with van der Waals surface area (Å²) in [6.45, 7) is 0. The molecule has 0 spiro atoms. The molecule has 0 saturated carbocycles. The monoisotopic (exact) mass is 447 g/mol. The van der Waals surface area contributed by atoms with Crippen LogP contribution in [0.5, 0.6) is 0 Å². The largest absolute Gasteiger partial charge is 0.384 e. The van der Waals surface area contributed by atoms with E-state index in [-0.39, 0.29) is 20.1 Å². The highest BCUT2D eigenvalue weighted by Crippen LogP contribution is 2.34. The first kappa shape index (κ1) is 15.8. The van der Waals surface area contributed by atoms with Crippen molar-refractivity contribution in [3.8, 4) is 5.69 Å². The molecule has 6 nitrogen and oxygen atoms in total. The van der Waals surface area contributed by atoms with Crippen LogP contribution in [0.3, 0.4) is 0 Å². The Kier molecular flexibility index (Phi) is 3.60. The molecule has 0 atom stereocenters. The van der Waals surface area contributed by atoms with Gasteiger partial charge in [0.05, 0.1) is 20.1 Å². The van der Waals surface area contributed by atoms with Crippen molar-refractivity contribution in [3.05, 3.63) is 54.2 Å². The van der Waals surface area contributed by atoms with Gasteiger partial charge in [-0.1, -0.05) is 0 Å². The lowest BCUT2D eigenvalue weighted by Gasteiger charge is -2.15. The van der Waals surface area contributed by atoms with Crippen LogP contribution in [0, 0.1) is 11.6 Å². The molecule has 2 amide bonds. The number of hydrogen-bond acceptors (Lipinski definition) is 4. The van der Waals surface area contributed by atoms with Gasteiger partial charge in [0.15, 0.2) is 5.82 Å². The highest BCUT2D eigenvalue weighted by Gasteiger charge is 2.33. The van der Waals surface area contributed by atoms with E-state index >= 15 is 0 Å². The van der Waals surface area contributed by atoms with Gasteiger partial charge in [-0.05, 0) is 37.9 Å². The Bertz CT molecular complexity index is 972. The Morgan fingerprint density at radius 1 is 1.09 bits per heavy atom. The Balaban J connectivity index is 2.43. The maximum Gasteiger partial charge on any atom is 0.262 e. The number of rotatable bonds is 1. The van der Waals surface area contributed by atoms with E-state index in [1.807, 2.05) is 5.32 Å². The standard InChI is InChI=1S/C13H5Br2F2N3O3/c14-4-2-5(16)10(8(15)9(4)17)20-6(21)1-3-7(11(20)18)13(23)19-12(3)22/h1-2H,18H2,(H,19,22,23). The minimum absolute atomic E-state index is 0.161. The second-order valence-corrected chi connectivity index (χ2v) is 6.24. The molecule has 118 valence electrons. The first-order valence-electron chi connectivity index (χ1n) is 5.98. The van der Waals surface area contributed by atoms with Crippen LogP contribution >= 0.6 is 31.9 Å². The number of benzene rings is 1. The van der Waals surface area contributed by atoms with Crippen LogP contribution < -0.4 is 16.6 Å². The van der Waals surface area contributed by atoms with E-state index in [0.717, 1.165) is 12.1 Å². The number of fused-ring (bicyclic) bond motifs is 1. The molecule has 2 aromatic rings. The van der Waals surface area contributed by atoms with Crippen molar-refractivity contribution in [2.75, 3.05) is 5.73 Å². The molecular weight excluding hydrogens is 444 g/mol. The van der Waals surface area contributed by atoms with Crippen LogP contribution in [0.25, 0.3) is 5.69 Å². The molecule has 2 heterocycles.